The molecule has 0 fully saturated rings. The number of carbonyl (C=O) groups is 1. The molecule has 0 aliphatic heterocycles. The van der Waals surface area contributed by atoms with Gasteiger partial charge in [0.25, 0.3) is 5.69 Å². The predicted molar refractivity (Wildman–Crippen MR) is 94.8 cm³/mol. The molecule has 0 aliphatic carbocycles. The Bertz CT molecular complexity index is 913. The summed E-state index contributed by atoms with van der Waals surface area (Å²) in [5.74, 6) is -0.427. The molecule has 2 aromatic carbocycles. The number of nitro groups is 1. The molecular weight excluding hydrogens is 370 g/mol. The lowest BCUT2D eigenvalue weighted by Gasteiger charge is -2.09. The Hall–Kier alpha value is -2.65. The summed E-state index contributed by atoms with van der Waals surface area (Å²) in [6.45, 7) is -0.234. The third-order valence-electron chi connectivity index (χ3n) is 3.16. The van der Waals surface area contributed by atoms with Crippen LogP contribution in [0.4, 0.5) is 17.1 Å². The van der Waals surface area contributed by atoms with Gasteiger partial charge < -0.3 is 10.6 Å². The zero-order chi connectivity index (χ0) is 18.6. The van der Waals surface area contributed by atoms with Gasteiger partial charge in [-0.25, -0.2) is 8.42 Å². The second kappa shape index (κ2) is 7.49. The zero-order valence-corrected chi connectivity index (χ0v) is 14.6. The number of halogens is 1. The van der Waals surface area contributed by atoms with E-state index >= 15 is 0 Å². The number of nitro benzene ring substituents is 1. The first kappa shape index (κ1) is 18.7. The zero-order valence-electron chi connectivity index (χ0n) is 13.0. The highest BCUT2D eigenvalue weighted by molar-refractivity contribution is 7.90. The molecule has 10 heteroatoms. The lowest BCUT2D eigenvalue weighted by Crippen LogP contribution is -2.22. The van der Waals surface area contributed by atoms with Crippen LogP contribution in [0, 0.1) is 10.1 Å². The SMILES string of the molecule is CS(=O)(=O)c1ccc(NCC(=O)Nc2ccc(Cl)cc2)c([N+](=O)[O-])c1. The first-order valence-electron chi connectivity index (χ1n) is 6.94. The Kier molecular flexibility index (Phi) is 5.60. The first-order chi connectivity index (χ1) is 11.7. The third kappa shape index (κ3) is 5.16. The number of nitrogens with one attached hydrogen (secondary N) is 2. The van der Waals surface area contributed by atoms with Gasteiger partial charge >= 0.3 is 0 Å². The number of carbonyl (C=O) groups excluding carboxylic acids is 1. The van der Waals surface area contributed by atoms with Crippen molar-refractivity contribution in [2.75, 3.05) is 23.4 Å². The lowest BCUT2D eigenvalue weighted by atomic mass is 10.2. The molecule has 25 heavy (non-hydrogen) atoms. The Morgan fingerprint density at radius 1 is 1.20 bits per heavy atom. The van der Waals surface area contributed by atoms with Crippen molar-refractivity contribution in [2.45, 2.75) is 4.90 Å². The van der Waals surface area contributed by atoms with Crippen molar-refractivity contribution >= 4 is 44.4 Å². The molecule has 1 amide bonds. The summed E-state index contributed by atoms with van der Waals surface area (Å²) in [4.78, 5) is 22.1. The summed E-state index contributed by atoms with van der Waals surface area (Å²) >= 11 is 5.75. The van der Waals surface area contributed by atoms with Gasteiger partial charge in [0.15, 0.2) is 9.84 Å². The summed E-state index contributed by atoms with van der Waals surface area (Å²) in [5, 5.41) is 16.9. The van der Waals surface area contributed by atoms with E-state index in [-0.39, 0.29) is 17.1 Å². The molecule has 0 saturated carbocycles. The van der Waals surface area contributed by atoms with Gasteiger partial charge in [-0.05, 0) is 36.4 Å². The van der Waals surface area contributed by atoms with E-state index in [1.165, 1.54) is 12.1 Å². The van der Waals surface area contributed by atoms with Crippen molar-refractivity contribution in [3.63, 3.8) is 0 Å². The molecule has 2 rings (SSSR count). The molecule has 2 N–H and O–H groups in total. The molecule has 0 saturated heterocycles. The van der Waals surface area contributed by atoms with Gasteiger partial charge in [-0.3, -0.25) is 14.9 Å². The number of amides is 1. The fourth-order valence-corrected chi connectivity index (χ4v) is 2.72. The average molecular weight is 384 g/mol. The average Bonchev–Trinajstić information content (AvgIpc) is 2.54. The standard InChI is InChI=1S/C15H14ClN3O5S/c1-25(23,24)12-6-7-13(14(8-12)19(21)22)17-9-15(20)18-11-4-2-10(16)3-5-11/h2-8,17H,9H2,1H3,(H,18,20). The minimum atomic E-state index is -3.57. The maximum atomic E-state index is 11.9. The van der Waals surface area contributed by atoms with E-state index in [0.29, 0.717) is 10.7 Å². The number of benzene rings is 2. The molecule has 0 aliphatic rings. The second-order valence-corrected chi connectivity index (χ2v) is 7.57. The quantitative estimate of drug-likeness (QED) is 0.584. The van der Waals surface area contributed by atoms with Crippen molar-refractivity contribution in [1.29, 1.82) is 0 Å². The highest BCUT2D eigenvalue weighted by Gasteiger charge is 2.19. The van der Waals surface area contributed by atoms with Gasteiger partial charge in [-0.2, -0.15) is 0 Å². The molecule has 0 heterocycles. The molecule has 0 radical (unpaired) electrons. The fraction of sp³-hybridized carbons (Fsp3) is 0.133. The van der Waals surface area contributed by atoms with Crippen molar-refractivity contribution in [2.24, 2.45) is 0 Å². The van der Waals surface area contributed by atoms with E-state index in [4.69, 9.17) is 11.6 Å². The van der Waals surface area contributed by atoms with Crippen LogP contribution >= 0.6 is 11.6 Å². The summed E-state index contributed by atoms with van der Waals surface area (Å²) < 4.78 is 23.0. The van der Waals surface area contributed by atoms with Crippen molar-refractivity contribution in [1.82, 2.24) is 0 Å². The highest BCUT2D eigenvalue weighted by atomic mass is 35.5. The van der Waals surface area contributed by atoms with Gasteiger partial charge in [-0.1, -0.05) is 11.6 Å². The number of hydrogen-bond acceptors (Lipinski definition) is 6. The van der Waals surface area contributed by atoms with Gasteiger partial charge in [0.1, 0.15) is 5.69 Å². The molecule has 0 aromatic heterocycles. The maximum absolute atomic E-state index is 11.9. The first-order valence-corrected chi connectivity index (χ1v) is 9.21. The monoisotopic (exact) mass is 383 g/mol. The maximum Gasteiger partial charge on any atom is 0.293 e. The molecule has 132 valence electrons. The van der Waals surface area contributed by atoms with E-state index < -0.39 is 26.4 Å². The minimum absolute atomic E-state index is 0.0451. The highest BCUT2D eigenvalue weighted by Crippen LogP contribution is 2.27. The molecule has 0 bridgehead atoms. The van der Waals surface area contributed by atoms with E-state index in [9.17, 15) is 23.3 Å². The molecule has 0 atom stereocenters. The van der Waals surface area contributed by atoms with Gasteiger partial charge in [0.2, 0.25) is 5.91 Å². The molecule has 0 spiro atoms. The second-order valence-electron chi connectivity index (χ2n) is 5.12. The van der Waals surface area contributed by atoms with Crippen LogP contribution in [0.5, 0.6) is 0 Å². The van der Waals surface area contributed by atoms with Gasteiger partial charge in [0.05, 0.1) is 16.4 Å². The van der Waals surface area contributed by atoms with Crippen LogP contribution in [0.15, 0.2) is 47.4 Å². The summed E-state index contributed by atoms with van der Waals surface area (Å²) in [5.41, 5.74) is 0.143. The van der Waals surface area contributed by atoms with Crippen LogP contribution in [-0.2, 0) is 14.6 Å². The smallest absolute Gasteiger partial charge is 0.293 e. The lowest BCUT2D eigenvalue weighted by molar-refractivity contribution is -0.384. The van der Waals surface area contributed by atoms with Crippen LogP contribution in [0.3, 0.4) is 0 Å². The Balaban J connectivity index is 2.10. The van der Waals surface area contributed by atoms with E-state index in [2.05, 4.69) is 10.6 Å². The largest absolute Gasteiger partial charge is 0.371 e. The van der Waals surface area contributed by atoms with Crippen molar-refractivity contribution < 1.29 is 18.1 Å². The normalized spacial score (nSPS) is 11.0. The summed E-state index contributed by atoms with van der Waals surface area (Å²) in [6.07, 6.45) is 0.957. The van der Waals surface area contributed by atoms with Crippen LogP contribution in [0.1, 0.15) is 0 Å². The van der Waals surface area contributed by atoms with Gasteiger partial charge in [-0.15, -0.1) is 0 Å². The molecule has 0 unspecified atom stereocenters. The van der Waals surface area contributed by atoms with Crippen LogP contribution < -0.4 is 10.6 Å². The Morgan fingerprint density at radius 3 is 2.40 bits per heavy atom. The fourth-order valence-electron chi connectivity index (χ4n) is 1.96. The van der Waals surface area contributed by atoms with E-state index in [1.807, 2.05) is 0 Å². The number of anilines is 2. The number of hydrogen-bond donors (Lipinski definition) is 2. The van der Waals surface area contributed by atoms with Crippen molar-refractivity contribution in [3.05, 3.63) is 57.6 Å². The van der Waals surface area contributed by atoms with Crippen LogP contribution in [0.25, 0.3) is 0 Å². The van der Waals surface area contributed by atoms with E-state index in [0.717, 1.165) is 12.3 Å². The van der Waals surface area contributed by atoms with Crippen molar-refractivity contribution in [3.8, 4) is 0 Å². The van der Waals surface area contributed by atoms with Gasteiger partial charge in [0, 0.05) is 23.0 Å². The summed E-state index contributed by atoms with van der Waals surface area (Å²) in [7, 11) is -3.57. The molecular formula is C15H14ClN3O5S. The minimum Gasteiger partial charge on any atom is -0.371 e. The van der Waals surface area contributed by atoms with E-state index in [1.54, 1.807) is 24.3 Å². The molecule has 2 aromatic rings. The predicted octanol–water partition coefficient (Wildman–Crippen LogP) is 2.70. The van der Waals surface area contributed by atoms with Crippen LogP contribution in [0.2, 0.25) is 5.02 Å². The summed E-state index contributed by atoms with van der Waals surface area (Å²) in [6, 6.07) is 9.90. The third-order valence-corrected chi connectivity index (χ3v) is 4.52. The number of nitrogens with zero attached hydrogens (tertiary/aromatic N) is 1. The molecule has 8 nitrogen and oxygen atoms in total. The Morgan fingerprint density at radius 2 is 1.84 bits per heavy atom. The number of rotatable bonds is 6. The number of sulfone groups is 1. The van der Waals surface area contributed by atoms with Crippen LogP contribution in [-0.4, -0.2) is 32.0 Å². The topological polar surface area (TPSA) is 118 Å². The Labute approximate surface area is 148 Å².